The van der Waals surface area contributed by atoms with Crippen LogP contribution in [0, 0.1) is 0 Å². The average Bonchev–Trinajstić information content (AvgIpc) is 3.28. The Hall–Kier alpha value is -3.54. The number of esters is 1. The summed E-state index contributed by atoms with van der Waals surface area (Å²) in [6.07, 6.45) is 0.951. The largest absolute Gasteiger partial charge is 0.497 e. The molecule has 28 heavy (non-hydrogen) atoms. The summed E-state index contributed by atoms with van der Waals surface area (Å²) in [5.41, 5.74) is 1.65. The van der Waals surface area contributed by atoms with E-state index in [0.29, 0.717) is 24.3 Å². The van der Waals surface area contributed by atoms with Gasteiger partial charge in [0, 0.05) is 12.1 Å². The van der Waals surface area contributed by atoms with Crippen LogP contribution in [0.25, 0.3) is 0 Å². The first-order valence-electron chi connectivity index (χ1n) is 8.87. The Bertz CT molecular complexity index is 888. The Morgan fingerprint density at radius 1 is 1.00 bits per heavy atom. The van der Waals surface area contributed by atoms with Crippen LogP contribution in [0.5, 0.6) is 5.75 Å². The van der Waals surface area contributed by atoms with Crippen molar-refractivity contribution in [3.63, 3.8) is 0 Å². The highest BCUT2D eigenvalue weighted by atomic mass is 16.6. The van der Waals surface area contributed by atoms with Crippen LogP contribution in [0.4, 0.5) is 0 Å². The van der Waals surface area contributed by atoms with E-state index in [2.05, 4.69) is 5.32 Å². The Kier molecular flexibility index (Phi) is 6.46. The number of benzene rings is 2. The van der Waals surface area contributed by atoms with Crippen LogP contribution < -0.4 is 10.1 Å². The van der Waals surface area contributed by atoms with Crippen LogP contribution in [0.2, 0.25) is 0 Å². The summed E-state index contributed by atoms with van der Waals surface area (Å²) in [5, 5.41) is 2.83. The molecule has 0 aliphatic carbocycles. The number of furan rings is 1. The minimum Gasteiger partial charge on any atom is -0.497 e. The SMILES string of the molecule is COc1ccc([C@H](OC(=O)c2ccco2)C(=O)NCCc2ccccc2)cc1. The maximum Gasteiger partial charge on any atom is 0.375 e. The van der Waals surface area contributed by atoms with Crippen LogP contribution in [-0.2, 0) is 16.0 Å². The van der Waals surface area contributed by atoms with E-state index in [1.54, 1.807) is 37.4 Å². The van der Waals surface area contributed by atoms with Crippen LogP contribution in [0.3, 0.4) is 0 Å². The summed E-state index contributed by atoms with van der Waals surface area (Å²) < 4.78 is 15.6. The number of ether oxygens (including phenoxy) is 2. The molecule has 0 spiro atoms. The first-order valence-corrected chi connectivity index (χ1v) is 8.87. The fourth-order valence-corrected chi connectivity index (χ4v) is 2.68. The van der Waals surface area contributed by atoms with Gasteiger partial charge >= 0.3 is 5.97 Å². The number of carbonyl (C=O) groups excluding carboxylic acids is 2. The molecule has 0 bridgehead atoms. The predicted molar refractivity (Wildman–Crippen MR) is 103 cm³/mol. The van der Waals surface area contributed by atoms with E-state index in [9.17, 15) is 9.59 Å². The third kappa shape index (κ3) is 5.01. The molecule has 144 valence electrons. The third-order valence-corrected chi connectivity index (χ3v) is 4.16. The fourth-order valence-electron chi connectivity index (χ4n) is 2.68. The molecule has 1 aromatic heterocycles. The van der Waals surface area contributed by atoms with Crippen molar-refractivity contribution in [2.24, 2.45) is 0 Å². The molecule has 3 aromatic rings. The molecule has 2 aromatic carbocycles. The van der Waals surface area contributed by atoms with E-state index in [1.807, 2.05) is 30.3 Å². The van der Waals surface area contributed by atoms with Crippen molar-refractivity contribution < 1.29 is 23.5 Å². The van der Waals surface area contributed by atoms with Crippen molar-refractivity contribution in [2.75, 3.05) is 13.7 Å². The predicted octanol–water partition coefficient (Wildman–Crippen LogP) is 3.55. The summed E-state index contributed by atoms with van der Waals surface area (Å²) >= 11 is 0. The lowest BCUT2D eigenvalue weighted by Crippen LogP contribution is -2.33. The molecule has 0 aliphatic heterocycles. The quantitative estimate of drug-likeness (QED) is 0.606. The second-order valence-electron chi connectivity index (χ2n) is 6.06. The summed E-state index contributed by atoms with van der Waals surface area (Å²) in [6, 6.07) is 19.7. The number of carbonyl (C=O) groups is 2. The van der Waals surface area contributed by atoms with Crippen LogP contribution in [-0.4, -0.2) is 25.5 Å². The number of methoxy groups -OCH3 is 1. The van der Waals surface area contributed by atoms with E-state index in [-0.39, 0.29) is 5.76 Å². The minimum absolute atomic E-state index is 0.0376. The first-order chi connectivity index (χ1) is 13.7. The maximum absolute atomic E-state index is 12.7. The van der Waals surface area contributed by atoms with Gasteiger partial charge in [-0.2, -0.15) is 0 Å². The van der Waals surface area contributed by atoms with Gasteiger partial charge in [0.25, 0.3) is 5.91 Å². The van der Waals surface area contributed by atoms with Gasteiger partial charge in [0.05, 0.1) is 13.4 Å². The van der Waals surface area contributed by atoms with Gasteiger partial charge in [-0.15, -0.1) is 0 Å². The number of hydrogen-bond donors (Lipinski definition) is 1. The molecule has 0 saturated heterocycles. The van der Waals surface area contributed by atoms with Crippen molar-refractivity contribution in [3.8, 4) is 5.75 Å². The van der Waals surface area contributed by atoms with E-state index in [4.69, 9.17) is 13.9 Å². The van der Waals surface area contributed by atoms with Gasteiger partial charge in [-0.1, -0.05) is 42.5 Å². The second-order valence-corrected chi connectivity index (χ2v) is 6.06. The zero-order valence-corrected chi connectivity index (χ0v) is 15.5. The zero-order valence-electron chi connectivity index (χ0n) is 15.5. The van der Waals surface area contributed by atoms with Crippen LogP contribution in [0.15, 0.2) is 77.4 Å². The highest BCUT2D eigenvalue weighted by Crippen LogP contribution is 2.22. The zero-order chi connectivity index (χ0) is 19.8. The van der Waals surface area contributed by atoms with Crippen LogP contribution in [0.1, 0.15) is 27.8 Å². The van der Waals surface area contributed by atoms with E-state index >= 15 is 0 Å². The molecular formula is C22H21NO5. The molecule has 0 fully saturated rings. The van der Waals surface area contributed by atoms with Gasteiger partial charge < -0.3 is 19.2 Å². The molecule has 6 nitrogen and oxygen atoms in total. The molecule has 0 radical (unpaired) electrons. The molecule has 1 N–H and O–H groups in total. The summed E-state index contributed by atoms with van der Waals surface area (Å²) in [4.78, 5) is 25.0. The maximum atomic E-state index is 12.7. The molecule has 0 aliphatic rings. The highest BCUT2D eigenvalue weighted by Gasteiger charge is 2.26. The van der Waals surface area contributed by atoms with Gasteiger partial charge in [-0.25, -0.2) is 4.79 Å². The Morgan fingerprint density at radius 3 is 2.39 bits per heavy atom. The lowest BCUT2D eigenvalue weighted by molar-refractivity contribution is -0.130. The lowest BCUT2D eigenvalue weighted by Gasteiger charge is -2.18. The van der Waals surface area contributed by atoms with Crippen molar-refractivity contribution in [3.05, 3.63) is 89.9 Å². The van der Waals surface area contributed by atoms with Crippen molar-refractivity contribution in [1.29, 1.82) is 0 Å². The number of amides is 1. The molecule has 6 heteroatoms. The number of hydrogen-bond acceptors (Lipinski definition) is 5. The summed E-state index contributed by atoms with van der Waals surface area (Å²) in [5.74, 6) is -0.426. The van der Waals surface area contributed by atoms with Gasteiger partial charge in [-0.05, 0) is 36.2 Å². The molecule has 1 heterocycles. The molecule has 0 unspecified atom stereocenters. The van der Waals surface area contributed by atoms with Gasteiger partial charge in [0.1, 0.15) is 5.75 Å². The van der Waals surface area contributed by atoms with Gasteiger partial charge in [0.15, 0.2) is 0 Å². The Balaban J connectivity index is 1.70. The normalized spacial score (nSPS) is 11.5. The molecule has 0 saturated carbocycles. The second kappa shape index (κ2) is 9.41. The molecule has 1 amide bonds. The number of rotatable bonds is 8. The van der Waals surface area contributed by atoms with Gasteiger partial charge in [-0.3, -0.25) is 4.79 Å². The smallest absolute Gasteiger partial charge is 0.375 e. The Morgan fingerprint density at radius 2 is 1.75 bits per heavy atom. The van der Waals surface area contributed by atoms with Crippen molar-refractivity contribution in [2.45, 2.75) is 12.5 Å². The van der Waals surface area contributed by atoms with Crippen molar-refractivity contribution in [1.82, 2.24) is 5.32 Å². The fraction of sp³-hybridized carbons (Fsp3) is 0.182. The van der Waals surface area contributed by atoms with Crippen molar-refractivity contribution >= 4 is 11.9 Å². The standard InChI is InChI=1S/C22H21NO5/c1-26-18-11-9-17(10-12-18)20(28-22(25)19-8-5-15-27-19)21(24)23-14-13-16-6-3-2-4-7-16/h2-12,15,20H,13-14H2,1H3,(H,23,24)/t20-/m0/s1. The minimum atomic E-state index is -1.10. The highest BCUT2D eigenvalue weighted by molar-refractivity contribution is 5.90. The van der Waals surface area contributed by atoms with E-state index < -0.39 is 18.0 Å². The number of nitrogens with one attached hydrogen (secondary N) is 1. The molecule has 1 atom stereocenters. The molecule has 3 rings (SSSR count). The topological polar surface area (TPSA) is 77.8 Å². The monoisotopic (exact) mass is 379 g/mol. The Labute approximate surface area is 163 Å². The average molecular weight is 379 g/mol. The third-order valence-electron chi connectivity index (χ3n) is 4.16. The van der Waals surface area contributed by atoms with E-state index in [1.165, 1.54) is 12.3 Å². The van der Waals surface area contributed by atoms with Crippen LogP contribution >= 0.6 is 0 Å². The lowest BCUT2D eigenvalue weighted by atomic mass is 10.1. The summed E-state index contributed by atoms with van der Waals surface area (Å²) in [7, 11) is 1.56. The molecular weight excluding hydrogens is 358 g/mol. The summed E-state index contributed by atoms with van der Waals surface area (Å²) in [6.45, 7) is 0.424. The van der Waals surface area contributed by atoms with Gasteiger partial charge in [0.2, 0.25) is 11.9 Å². The first kappa shape index (κ1) is 19.2. The van der Waals surface area contributed by atoms with E-state index in [0.717, 1.165) is 5.56 Å².